The van der Waals surface area contributed by atoms with Crippen LogP contribution in [0.3, 0.4) is 0 Å². The van der Waals surface area contributed by atoms with Crippen molar-refractivity contribution in [1.82, 2.24) is 4.90 Å². The minimum atomic E-state index is -0.179. The molecule has 4 nitrogen and oxygen atoms in total. The molecule has 0 radical (unpaired) electrons. The summed E-state index contributed by atoms with van der Waals surface area (Å²) in [6.07, 6.45) is 7.93. The van der Waals surface area contributed by atoms with Gasteiger partial charge in [0.25, 0.3) is 11.8 Å². The fourth-order valence-corrected chi connectivity index (χ4v) is 1.60. The lowest BCUT2D eigenvalue weighted by molar-refractivity contribution is -0.136. The highest BCUT2D eigenvalue weighted by molar-refractivity contribution is 6.12. The van der Waals surface area contributed by atoms with Crippen LogP contribution >= 0.6 is 12.4 Å². The minimum Gasteiger partial charge on any atom is -0.330 e. The zero-order valence-electron chi connectivity index (χ0n) is 9.35. The summed E-state index contributed by atoms with van der Waals surface area (Å²) in [7, 11) is 0. The van der Waals surface area contributed by atoms with Crippen molar-refractivity contribution >= 4 is 24.2 Å². The van der Waals surface area contributed by atoms with E-state index in [2.05, 4.69) is 0 Å². The normalized spacial score (nSPS) is 14.4. The molecule has 0 unspecified atom stereocenters. The molecule has 0 bridgehead atoms. The van der Waals surface area contributed by atoms with E-state index in [1.54, 1.807) is 0 Å². The Kier molecular flexibility index (Phi) is 7.85. The van der Waals surface area contributed by atoms with Gasteiger partial charge in [-0.3, -0.25) is 14.5 Å². The van der Waals surface area contributed by atoms with Crippen molar-refractivity contribution in [2.45, 2.75) is 32.1 Å². The molecular weight excluding hydrogens is 228 g/mol. The predicted octanol–water partition coefficient (Wildman–Crippen LogP) is 1.24. The zero-order valence-corrected chi connectivity index (χ0v) is 10.2. The van der Waals surface area contributed by atoms with Crippen LogP contribution in [0.1, 0.15) is 32.1 Å². The predicted molar refractivity (Wildman–Crippen MR) is 65.2 cm³/mol. The Morgan fingerprint density at radius 2 is 1.44 bits per heavy atom. The molecule has 1 rings (SSSR count). The van der Waals surface area contributed by atoms with Gasteiger partial charge in [-0.1, -0.05) is 19.3 Å². The third-order valence-electron chi connectivity index (χ3n) is 2.49. The summed E-state index contributed by atoms with van der Waals surface area (Å²) in [5, 5.41) is 0. The number of hydrogen-bond donors (Lipinski definition) is 1. The van der Waals surface area contributed by atoms with Crippen LogP contribution in [0, 0.1) is 0 Å². The lowest BCUT2D eigenvalue weighted by Gasteiger charge is -2.12. The topological polar surface area (TPSA) is 63.4 Å². The van der Waals surface area contributed by atoms with E-state index >= 15 is 0 Å². The van der Waals surface area contributed by atoms with Crippen molar-refractivity contribution < 1.29 is 9.59 Å². The highest BCUT2D eigenvalue weighted by atomic mass is 35.5. The van der Waals surface area contributed by atoms with Gasteiger partial charge in [-0.05, 0) is 19.4 Å². The number of carbonyl (C=O) groups is 2. The molecule has 2 N–H and O–H groups in total. The Morgan fingerprint density at radius 3 is 2.00 bits per heavy atom. The highest BCUT2D eigenvalue weighted by Gasteiger charge is 2.21. The summed E-state index contributed by atoms with van der Waals surface area (Å²) in [6, 6.07) is 0. The monoisotopic (exact) mass is 246 g/mol. The molecule has 1 aliphatic heterocycles. The second-order valence-corrected chi connectivity index (χ2v) is 3.72. The summed E-state index contributed by atoms with van der Waals surface area (Å²) in [5.41, 5.74) is 5.37. The van der Waals surface area contributed by atoms with Crippen LogP contribution in [-0.4, -0.2) is 29.8 Å². The van der Waals surface area contributed by atoms with Gasteiger partial charge in [0.05, 0.1) is 0 Å². The van der Waals surface area contributed by atoms with Crippen LogP contribution in [0.25, 0.3) is 0 Å². The van der Waals surface area contributed by atoms with Crippen LogP contribution in [0.5, 0.6) is 0 Å². The molecule has 1 aliphatic rings. The van der Waals surface area contributed by atoms with Gasteiger partial charge in [0.2, 0.25) is 0 Å². The van der Waals surface area contributed by atoms with Gasteiger partial charge < -0.3 is 5.73 Å². The quantitative estimate of drug-likeness (QED) is 0.543. The fourth-order valence-electron chi connectivity index (χ4n) is 1.60. The molecule has 2 amide bonds. The lowest BCUT2D eigenvalue weighted by Crippen LogP contribution is -2.30. The molecule has 0 saturated heterocycles. The largest absolute Gasteiger partial charge is 0.330 e. The van der Waals surface area contributed by atoms with Crippen molar-refractivity contribution in [3.63, 3.8) is 0 Å². The van der Waals surface area contributed by atoms with Crippen LogP contribution in [0.2, 0.25) is 0 Å². The Hall–Kier alpha value is -0.870. The van der Waals surface area contributed by atoms with Crippen molar-refractivity contribution in [2.75, 3.05) is 13.1 Å². The maximum absolute atomic E-state index is 11.2. The maximum atomic E-state index is 11.2. The van der Waals surface area contributed by atoms with E-state index in [0.717, 1.165) is 38.6 Å². The fraction of sp³-hybridized carbons (Fsp3) is 0.636. The average Bonchev–Trinajstić information content (AvgIpc) is 2.54. The number of imide groups is 1. The Morgan fingerprint density at radius 1 is 0.938 bits per heavy atom. The first-order valence-electron chi connectivity index (χ1n) is 5.49. The van der Waals surface area contributed by atoms with Gasteiger partial charge >= 0.3 is 0 Å². The van der Waals surface area contributed by atoms with Gasteiger partial charge in [-0.15, -0.1) is 12.4 Å². The molecule has 0 saturated carbocycles. The third-order valence-corrected chi connectivity index (χ3v) is 2.49. The summed E-state index contributed by atoms with van der Waals surface area (Å²) < 4.78 is 0. The van der Waals surface area contributed by atoms with Crippen molar-refractivity contribution in [1.29, 1.82) is 0 Å². The first-order chi connectivity index (χ1) is 7.25. The molecule has 0 aromatic carbocycles. The van der Waals surface area contributed by atoms with Crippen LogP contribution < -0.4 is 5.73 Å². The van der Waals surface area contributed by atoms with E-state index in [1.165, 1.54) is 17.1 Å². The zero-order chi connectivity index (χ0) is 11.1. The number of rotatable bonds is 7. The second-order valence-electron chi connectivity index (χ2n) is 3.72. The molecule has 0 spiro atoms. The number of nitrogens with zero attached hydrogens (tertiary/aromatic N) is 1. The highest BCUT2D eigenvalue weighted by Crippen LogP contribution is 2.08. The van der Waals surface area contributed by atoms with E-state index in [4.69, 9.17) is 5.73 Å². The number of unbranched alkanes of at least 4 members (excludes halogenated alkanes) is 4. The van der Waals surface area contributed by atoms with Crippen LogP contribution in [0.4, 0.5) is 0 Å². The molecule has 92 valence electrons. The molecule has 5 heteroatoms. The van der Waals surface area contributed by atoms with Gasteiger partial charge in [-0.2, -0.15) is 0 Å². The molecule has 1 heterocycles. The molecule has 0 aromatic heterocycles. The minimum absolute atomic E-state index is 0. The van der Waals surface area contributed by atoms with Crippen molar-refractivity contribution in [2.24, 2.45) is 5.73 Å². The van der Waals surface area contributed by atoms with Crippen LogP contribution in [-0.2, 0) is 9.59 Å². The van der Waals surface area contributed by atoms with E-state index in [-0.39, 0.29) is 24.2 Å². The Bertz CT molecular complexity index is 249. The maximum Gasteiger partial charge on any atom is 0.253 e. The van der Waals surface area contributed by atoms with Gasteiger partial charge in [0.15, 0.2) is 0 Å². The first-order valence-corrected chi connectivity index (χ1v) is 5.49. The number of amides is 2. The van der Waals surface area contributed by atoms with E-state index in [9.17, 15) is 9.59 Å². The molecular formula is C11H19ClN2O2. The number of halogens is 1. The summed E-state index contributed by atoms with van der Waals surface area (Å²) >= 11 is 0. The van der Waals surface area contributed by atoms with Gasteiger partial charge in [0, 0.05) is 18.7 Å². The molecule has 16 heavy (non-hydrogen) atoms. The molecule has 0 aliphatic carbocycles. The average molecular weight is 247 g/mol. The summed E-state index contributed by atoms with van der Waals surface area (Å²) in [6.45, 7) is 1.29. The van der Waals surface area contributed by atoms with Crippen molar-refractivity contribution in [3.8, 4) is 0 Å². The smallest absolute Gasteiger partial charge is 0.253 e. The number of carbonyl (C=O) groups excluding carboxylic acids is 2. The Labute approximate surface area is 102 Å². The second kappa shape index (κ2) is 8.30. The SMILES string of the molecule is Cl.NCCCCCCCN1C(=O)C=CC1=O. The van der Waals surface area contributed by atoms with E-state index in [0.29, 0.717) is 6.54 Å². The van der Waals surface area contributed by atoms with Crippen molar-refractivity contribution in [3.05, 3.63) is 12.2 Å². The third kappa shape index (κ3) is 4.77. The Balaban J connectivity index is 0.00000225. The van der Waals surface area contributed by atoms with Gasteiger partial charge in [0.1, 0.15) is 0 Å². The summed E-state index contributed by atoms with van der Waals surface area (Å²) in [5.74, 6) is -0.357. The van der Waals surface area contributed by atoms with E-state index < -0.39 is 0 Å². The first kappa shape index (κ1) is 15.1. The van der Waals surface area contributed by atoms with E-state index in [1.807, 2.05) is 0 Å². The number of nitrogens with two attached hydrogens (primary N) is 1. The number of hydrogen-bond acceptors (Lipinski definition) is 3. The standard InChI is InChI=1S/C11H18N2O2.ClH/c12-8-4-2-1-3-5-9-13-10(14)6-7-11(13)15;/h6-7H,1-5,8-9,12H2;1H. The molecule has 0 atom stereocenters. The van der Waals surface area contributed by atoms with Gasteiger partial charge in [-0.25, -0.2) is 0 Å². The molecule has 0 aromatic rings. The van der Waals surface area contributed by atoms with Crippen LogP contribution in [0.15, 0.2) is 12.2 Å². The summed E-state index contributed by atoms with van der Waals surface area (Å²) in [4.78, 5) is 23.6. The lowest BCUT2D eigenvalue weighted by atomic mass is 10.1. The molecule has 0 fully saturated rings.